The molecule has 0 unspecified atom stereocenters. The molecular formula is C23H21Cl2NO6. The number of rotatable bonds is 7. The van der Waals surface area contributed by atoms with Crippen LogP contribution in [-0.4, -0.2) is 42.9 Å². The van der Waals surface area contributed by atoms with Crippen LogP contribution in [0.3, 0.4) is 0 Å². The number of ketones is 1. The summed E-state index contributed by atoms with van der Waals surface area (Å²) in [5.74, 6) is -2.52. The molecule has 7 nitrogen and oxygen atoms in total. The van der Waals surface area contributed by atoms with Gasteiger partial charge in [0.05, 0.1) is 22.6 Å². The van der Waals surface area contributed by atoms with Crippen LogP contribution in [0.2, 0.25) is 10.0 Å². The molecule has 3 rings (SSSR count). The zero-order valence-electron chi connectivity index (χ0n) is 17.5. The number of anilines is 1. The van der Waals surface area contributed by atoms with E-state index in [1.54, 1.807) is 38.1 Å². The quantitative estimate of drug-likeness (QED) is 0.435. The Hall–Kier alpha value is -2.90. The molecule has 0 radical (unpaired) electrons. The lowest BCUT2D eigenvalue weighted by Gasteiger charge is -2.17. The fourth-order valence-corrected chi connectivity index (χ4v) is 3.74. The molecule has 0 aromatic heterocycles. The molecule has 1 fully saturated rings. The highest BCUT2D eigenvalue weighted by Gasteiger charge is 2.36. The molecule has 2 aromatic carbocycles. The second-order valence-electron chi connectivity index (χ2n) is 7.56. The summed E-state index contributed by atoms with van der Waals surface area (Å²) in [6.07, 6.45) is -0.275. The van der Waals surface area contributed by atoms with E-state index in [2.05, 4.69) is 0 Å². The highest BCUT2D eigenvalue weighted by molar-refractivity contribution is 6.36. The number of halogens is 2. The number of benzene rings is 2. The van der Waals surface area contributed by atoms with Gasteiger partial charge in [-0.3, -0.25) is 14.4 Å². The van der Waals surface area contributed by atoms with E-state index in [9.17, 15) is 19.2 Å². The maximum Gasteiger partial charge on any atom is 0.338 e. The fourth-order valence-electron chi connectivity index (χ4n) is 3.22. The van der Waals surface area contributed by atoms with E-state index >= 15 is 0 Å². The molecule has 168 valence electrons. The molecule has 2 aromatic rings. The van der Waals surface area contributed by atoms with E-state index in [4.69, 9.17) is 32.7 Å². The van der Waals surface area contributed by atoms with E-state index < -0.39 is 30.2 Å². The first-order valence-corrected chi connectivity index (χ1v) is 10.7. The number of carbonyl (C=O) groups excluding carboxylic acids is 4. The first kappa shape index (κ1) is 23.8. The van der Waals surface area contributed by atoms with Gasteiger partial charge in [0.1, 0.15) is 0 Å². The molecule has 1 amide bonds. The molecule has 1 saturated heterocycles. The number of amides is 1. The van der Waals surface area contributed by atoms with Crippen LogP contribution in [-0.2, 0) is 19.1 Å². The van der Waals surface area contributed by atoms with Gasteiger partial charge in [-0.15, -0.1) is 0 Å². The maximum atomic E-state index is 12.4. The summed E-state index contributed by atoms with van der Waals surface area (Å²) < 4.78 is 10.3. The van der Waals surface area contributed by atoms with E-state index in [1.165, 1.54) is 23.1 Å². The highest BCUT2D eigenvalue weighted by Crippen LogP contribution is 2.27. The van der Waals surface area contributed by atoms with Crippen molar-refractivity contribution >= 4 is 52.5 Å². The predicted molar refractivity (Wildman–Crippen MR) is 119 cm³/mol. The zero-order valence-corrected chi connectivity index (χ0v) is 19.0. The largest absolute Gasteiger partial charge is 0.459 e. The van der Waals surface area contributed by atoms with Gasteiger partial charge in [-0.1, -0.05) is 23.2 Å². The second-order valence-corrected chi connectivity index (χ2v) is 8.41. The van der Waals surface area contributed by atoms with Crippen LogP contribution in [0.25, 0.3) is 0 Å². The minimum absolute atomic E-state index is 0.0358. The van der Waals surface area contributed by atoms with Crippen molar-refractivity contribution < 1.29 is 28.7 Å². The Morgan fingerprint density at radius 2 is 1.78 bits per heavy atom. The molecule has 1 heterocycles. The molecule has 0 N–H and O–H groups in total. The van der Waals surface area contributed by atoms with Crippen LogP contribution >= 0.6 is 23.2 Å². The lowest BCUT2D eigenvalue weighted by Crippen LogP contribution is -2.27. The number of ether oxygens (including phenoxy) is 2. The van der Waals surface area contributed by atoms with Crippen LogP contribution < -0.4 is 4.90 Å². The Kier molecular flexibility index (Phi) is 7.53. The fraction of sp³-hybridized carbons (Fsp3) is 0.304. The molecule has 1 aliphatic heterocycles. The van der Waals surface area contributed by atoms with E-state index in [0.29, 0.717) is 16.3 Å². The molecule has 0 saturated carbocycles. The van der Waals surface area contributed by atoms with Crippen LogP contribution in [0.1, 0.15) is 41.0 Å². The van der Waals surface area contributed by atoms with E-state index in [0.717, 1.165) is 0 Å². The van der Waals surface area contributed by atoms with E-state index in [-0.39, 0.29) is 35.6 Å². The summed E-state index contributed by atoms with van der Waals surface area (Å²) in [5, 5.41) is 0.555. The maximum absolute atomic E-state index is 12.4. The highest BCUT2D eigenvalue weighted by atomic mass is 35.5. The molecule has 1 atom stereocenters. The summed E-state index contributed by atoms with van der Waals surface area (Å²) in [7, 11) is 0. The number of esters is 2. The zero-order chi connectivity index (χ0) is 23.4. The second kappa shape index (κ2) is 10.1. The monoisotopic (exact) mass is 477 g/mol. The van der Waals surface area contributed by atoms with Gasteiger partial charge in [-0.05, 0) is 56.3 Å². The van der Waals surface area contributed by atoms with Crippen molar-refractivity contribution in [3.63, 3.8) is 0 Å². The number of carbonyl (C=O) groups is 4. The summed E-state index contributed by atoms with van der Waals surface area (Å²) in [6.45, 7) is 3.14. The predicted octanol–water partition coefficient (Wildman–Crippen LogP) is 4.34. The molecule has 1 aliphatic rings. The lowest BCUT2D eigenvalue weighted by molar-refractivity contribution is -0.147. The Morgan fingerprint density at radius 1 is 1.09 bits per heavy atom. The number of Topliss-reactive ketones (excluding diaryl/α,β-unsaturated/α-hetero) is 1. The first-order valence-electron chi connectivity index (χ1n) is 9.92. The molecule has 0 bridgehead atoms. The lowest BCUT2D eigenvalue weighted by atomic mass is 10.1. The molecule has 0 spiro atoms. The smallest absolute Gasteiger partial charge is 0.338 e. The van der Waals surface area contributed by atoms with E-state index in [1.807, 2.05) is 0 Å². The van der Waals surface area contributed by atoms with Crippen molar-refractivity contribution in [1.29, 1.82) is 0 Å². The summed E-state index contributed by atoms with van der Waals surface area (Å²) in [4.78, 5) is 50.5. The van der Waals surface area contributed by atoms with Crippen LogP contribution in [0, 0.1) is 5.92 Å². The summed E-state index contributed by atoms with van der Waals surface area (Å²) in [5.41, 5.74) is 1.11. The van der Waals surface area contributed by atoms with Gasteiger partial charge >= 0.3 is 11.9 Å². The van der Waals surface area contributed by atoms with Crippen molar-refractivity contribution in [3.05, 3.63) is 63.6 Å². The van der Waals surface area contributed by atoms with Crippen molar-refractivity contribution in [2.75, 3.05) is 18.1 Å². The average molecular weight is 478 g/mol. The molecule has 32 heavy (non-hydrogen) atoms. The summed E-state index contributed by atoms with van der Waals surface area (Å²) in [6, 6.07) is 10.8. The average Bonchev–Trinajstić information content (AvgIpc) is 3.13. The van der Waals surface area contributed by atoms with Gasteiger partial charge in [-0.2, -0.15) is 0 Å². The van der Waals surface area contributed by atoms with Gasteiger partial charge in [0.25, 0.3) is 0 Å². The van der Waals surface area contributed by atoms with Gasteiger partial charge in [0, 0.05) is 29.2 Å². The van der Waals surface area contributed by atoms with Gasteiger partial charge in [-0.25, -0.2) is 4.79 Å². The van der Waals surface area contributed by atoms with Gasteiger partial charge < -0.3 is 14.4 Å². The normalized spacial score (nSPS) is 15.7. The minimum Gasteiger partial charge on any atom is -0.459 e. The van der Waals surface area contributed by atoms with Crippen molar-refractivity contribution in [1.82, 2.24) is 0 Å². The number of hydrogen-bond acceptors (Lipinski definition) is 6. The third-order valence-electron chi connectivity index (χ3n) is 4.79. The Bertz CT molecular complexity index is 1050. The minimum atomic E-state index is -0.707. The van der Waals surface area contributed by atoms with Gasteiger partial charge in [0.15, 0.2) is 6.61 Å². The Labute approximate surface area is 195 Å². The van der Waals surface area contributed by atoms with Crippen molar-refractivity contribution in [2.24, 2.45) is 5.92 Å². The van der Waals surface area contributed by atoms with Crippen LogP contribution in [0.15, 0.2) is 42.5 Å². The third kappa shape index (κ3) is 5.66. The van der Waals surface area contributed by atoms with Gasteiger partial charge in [0.2, 0.25) is 11.7 Å². The van der Waals surface area contributed by atoms with Crippen LogP contribution in [0.4, 0.5) is 5.69 Å². The summed E-state index contributed by atoms with van der Waals surface area (Å²) >= 11 is 11.8. The Balaban J connectivity index is 1.58. The molecule has 0 aliphatic carbocycles. The Morgan fingerprint density at radius 3 is 2.41 bits per heavy atom. The molecule has 9 heteroatoms. The van der Waals surface area contributed by atoms with Crippen molar-refractivity contribution in [3.8, 4) is 0 Å². The van der Waals surface area contributed by atoms with Crippen molar-refractivity contribution in [2.45, 2.75) is 26.4 Å². The topological polar surface area (TPSA) is 90.0 Å². The number of hydrogen-bond donors (Lipinski definition) is 0. The SMILES string of the molecule is CC(C)OC(=O)c1ccc(N2C[C@@H](C(=O)OCC(=O)c3ccc(Cl)cc3Cl)CC2=O)cc1. The standard InChI is InChI=1S/C23H21Cl2NO6/c1-13(2)32-23(30)14-3-6-17(7-4-14)26-11-15(9-21(26)28)22(29)31-12-20(27)18-8-5-16(24)10-19(18)25/h3-8,10,13,15H,9,11-12H2,1-2H3/t15-/m0/s1. The third-order valence-corrected chi connectivity index (χ3v) is 5.34. The number of nitrogens with zero attached hydrogens (tertiary/aromatic N) is 1. The molecular weight excluding hydrogens is 457 g/mol. The van der Waals surface area contributed by atoms with Crippen LogP contribution in [0.5, 0.6) is 0 Å². The first-order chi connectivity index (χ1) is 15.2.